The second-order valence-corrected chi connectivity index (χ2v) is 7.04. The minimum atomic E-state index is -0.862. The summed E-state index contributed by atoms with van der Waals surface area (Å²) in [6, 6.07) is 9.79. The summed E-state index contributed by atoms with van der Waals surface area (Å²) in [5, 5.41) is 17.4. The number of piperidine rings is 1. The average molecular weight is 342 g/mol. The lowest BCUT2D eigenvalue weighted by Crippen LogP contribution is -2.36. The smallest absolute Gasteiger partial charge is 0.140 e. The van der Waals surface area contributed by atoms with E-state index in [1.54, 1.807) is 0 Å². The number of nitrogens with one attached hydrogen (secondary N) is 4. The number of thiophene rings is 1. The molecule has 1 aliphatic rings. The van der Waals surface area contributed by atoms with E-state index in [9.17, 15) is 4.39 Å². The maximum absolute atomic E-state index is 14.3. The minimum Gasteiger partial charge on any atom is -0.361 e. The third kappa shape index (κ3) is 2.83. The number of anilines is 1. The van der Waals surface area contributed by atoms with Gasteiger partial charge in [0.2, 0.25) is 0 Å². The normalized spacial score (nSPS) is 21.0. The summed E-state index contributed by atoms with van der Waals surface area (Å²) in [6.07, 6.45) is 1.87. The van der Waals surface area contributed by atoms with Crippen LogP contribution in [-0.2, 0) is 0 Å². The molecule has 4 nitrogen and oxygen atoms in total. The lowest BCUT2D eigenvalue weighted by atomic mass is 9.88. The first-order valence-corrected chi connectivity index (χ1v) is 8.95. The Morgan fingerprint density at radius 1 is 1.33 bits per heavy atom. The molecule has 2 atom stereocenters. The molecule has 2 aromatic heterocycles. The van der Waals surface area contributed by atoms with E-state index in [-0.39, 0.29) is 5.92 Å². The van der Waals surface area contributed by atoms with E-state index in [4.69, 9.17) is 5.41 Å². The molecule has 1 saturated heterocycles. The Morgan fingerprint density at radius 2 is 2.25 bits per heavy atom. The molecular weight excluding hydrogens is 323 g/mol. The number of rotatable bonds is 3. The van der Waals surface area contributed by atoms with Gasteiger partial charge < -0.3 is 15.6 Å². The van der Waals surface area contributed by atoms with Crippen LogP contribution in [0.4, 0.5) is 10.1 Å². The van der Waals surface area contributed by atoms with Gasteiger partial charge in [0, 0.05) is 35.2 Å². The predicted molar refractivity (Wildman–Crippen MR) is 98.2 cm³/mol. The van der Waals surface area contributed by atoms with E-state index in [0.717, 1.165) is 40.0 Å². The van der Waals surface area contributed by atoms with Crippen LogP contribution in [0.15, 0.2) is 41.9 Å². The largest absolute Gasteiger partial charge is 0.361 e. The Bertz CT molecular complexity index is 855. The number of fused-ring (bicyclic) bond motifs is 1. The molecule has 1 aromatic carbocycles. The molecule has 3 aromatic rings. The highest BCUT2D eigenvalue weighted by atomic mass is 32.1. The highest BCUT2D eigenvalue weighted by Gasteiger charge is 2.28. The number of hydrogen-bond acceptors (Lipinski definition) is 3. The van der Waals surface area contributed by atoms with E-state index in [1.165, 1.54) is 11.3 Å². The van der Waals surface area contributed by atoms with Crippen molar-refractivity contribution in [2.24, 2.45) is 0 Å². The molecule has 6 heteroatoms. The van der Waals surface area contributed by atoms with Gasteiger partial charge in [0.05, 0.1) is 4.88 Å². The van der Waals surface area contributed by atoms with Crippen LogP contribution in [0.3, 0.4) is 0 Å². The SMILES string of the molecule is N=C(Nc1ccc2[nH]cc([C@@H]3CCNC[C@H]3F)c2c1)c1cccs1. The van der Waals surface area contributed by atoms with Crippen molar-refractivity contribution in [1.29, 1.82) is 5.41 Å². The molecule has 0 bridgehead atoms. The number of aromatic nitrogens is 1. The quantitative estimate of drug-likeness (QED) is 0.428. The molecule has 4 N–H and O–H groups in total. The lowest BCUT2D eigenvalue weighted by molar-refractivity contribution is 0.232. The maximum atomic E-state index is 14.3. The highest BCUT2D eigenvalue weighted by Crippen LogP contribution is 2.34. The van der Waals surface area contributed by atoms with E-state index in [0.29, 0.717) is 12.4 Å². The van der Waals surface area contributed by atoms with Gasteiger partial charge in [0.15, 0.2) is 0 Å². The molecule has 1 aliphatic heterocycles. The second kappa shape index (κ2) is 6.37. The predicted octanol–water partition coefficient (Wildman–Crippen LogP) is 4.08. The lowest BCUT2D eigenvalue weighted by Gasteiger charge is -2.26. The van der Waals surface area contributed by atoms with Crippen molar-refractivity contribution in [3.8, 4) is 0 Å². The van der Waals surface area contributed by atoms with Gasteiger partial charge in [-0.3, -0.25) is 5.41 Å². The molecule has 3 heterocycles. The van der Waals surface area contributed by atoms with Gasteiger partial charge in [-0.15, -0.1) is 11.3 Å². The van der Waals surface area contributed by atoms with Crippen molar-refractivity contribution < 1.29 is 4.39 Å². The zero-order valence-corrected chi connectivity index (χ0v) is 13.9. The number of amidine groups is 1. The van der Waals surface area contributed by atoms with Crippen LogP contribution in [-0.4, -0.2) is 30.1 Å². The van der Waals surface area contributed by atoms with Crippen LogP contribution in [0.5, 0.6) is 0 Å². The maximum Gasteiger partial charge on any atom is 0.140 e. The summed E-state index contributed by atoms with van der Waals surface area (Å²) >= 11 is 1.53. The van der Waals surface area contributed by atoms with Gasteiger partial charge >= 0.3 is 0 Å². The van der Waals surface area contributed by atoms with Gasteiger partial charge in [-0.2, -0.15) is 0 Å². The number of alkyl halides is 1. The van der Waals surface area contributed by atoms with Crippen LogP contribution in [0.1, 0.15) is 22.8 Å². The van der Waals surface area contributed by atoms with E-state index in [1.807, 2.05) is 41.9 Å². The van der Waals surface area contributed by atoms with Crippen molar-refractivity contribution in [2.45, 2.75) is 18.5 Å². The standard InChI is InChI=1S/C18H19FN4S/c19-15-10-21-6-5-12(15)14-9-22-16-4-3-11(8-13(14)16)23-18(20)17-2-1-7-24-17/h1-4,7-9,12,15,21-22H,5-6,10H2,(H2,20,23)/t12-,15+/m0/s1. The fourth-order valence-corrected chi connectivity index (χ4v) is 3.95. The molecule has 24 heavy (non-hydrogen) atoms. The molecule has 124 valence electrons. The third-order valence-electron chi connectivity index (χ3n) is 4.56. The molecule has 4 rings (SSSR count). The van der Waals surface area contributed by atoms with Gasteiger partial charge in [0.25, 0.3) is 0 Å². The Hall–Kier alpha value is -2.18. The van der Waals surface area contributed by atoms with Crippen molar-refractivity contribution in [3.05, 3.63) is 52.3 Å². The van der Waals surface area contributed by atoms with Crippen molar-refractivity contribution >= 4 is 33.8 Å². The Labute approximate surface area is 143 Å². The van der Waals surface area contributed by atoms with Crippen molar-refractivity contribution in [3.63, 3.8) is 0 Å². The summed E-state index contributed by atoms with van der Waals surface area (Å²) in [5.41, 5.74) is 2.89. The summed E-state index contributed by atoms with van der Waals surface area (Å²) in [4.78, 5) is 4.14. The monoisotopic (exact) mass is 342 g/mol. The first kappa shape index (κ1) is 15.4. The van der Waals surface area contributed by atoms with Crippen molar-refractivity contribution in [2.75, 3.05) is 18.4 Å². The Kier molecular flexibility index (Phi) is 4.08. The zero-order chi connectivity index (χ0) is 16.5. The molecule has 0 saturated carbocycles. The molecule has 0 unspecified atom stereocenters. The summed E-state index contributed by atoms with van der Waals surface area (Å²) in [6.45, 7) is 1.26. The Morgan fingerprint density at radius 3 is 3.04 bits per heavy atom. The molecule has 0 amide bonds. The van der Waals surface area contributed by atoms with Crippen LogP contribution in [0.25, 0.3) is 10.9 Å². The van der Waals surface area contributed by atoms with Crippen LogP contribution >= 0.6 is 11.3 Å². The molecule has 1 fully saturated rings. The van der Waals surface area contributed by atoms with E-state index in [2.05, 4.69) is 15.6 Å². The van der Waals surface area contributed by atoms with Crippen LogP contribution < -0.4 is 10.6 Å². The summed E-state index contributed by atoms with van der Waals surface area (Å²) in [5.74, 6) is 0.304. The van der Waals surface area contributed by atoms with Gasteiger partial charge in [-0.25, -0.2) is 4.39 Å². The van der Waals surface area contributed by atoms with Crippen molar-refractivity contribution in [1.82, 2.24) is 10.3 Å². The first-order chi connectivity index (χ1) is 11.7. The van der Waals surface area contributed by atoms with Gasteiger partial charge in [0.1, 0.15) is 12.0 Å². The fourth-order valence-electron chi connectivity index (χ4n) is 3.32. The van der Waals surface area contributed by atoms with Crippen LogP contribution in [0, 0.1) is 5.41 Å². The molecular formula is C18H19FN4S. The first-order valence-electron chi connectivity index (χ1n) is 8.07. The van der Waals surface area contributed by atoms with E-state index < -0.39 is 6.17 Å². The molecule has 0 spiro atoms. The van der Waals surface area contributed by atoms with Gasteiger partial charge in [-0.1, -0.05) is 6.07 Å². The summed E-state index contributed by atoms with van der Waals surface area (Å²) < 4.78 is 14.3. The number of hydrogen-bond donors (Lipinski definition) is 4. The highest BCUT2D eigenvalue weighted by molar-refractivity contribution is 7.12. The Balaban J connectivity index is 1.64. The number of halogens is 1. The second-order valence-electron chi connectivity index (χ2n) is 6.10. The number of aromatic amines is 1. The number of benzene rings is 1. The molecule has 0 radical (unpaired) electrons. The average Bonchev–Trinajstić information content (AvgIpc) is 3.25. The van der Waals surface area contributed by atoms with Gasteiger partial charge in [-0.05, 0) is 48.2 Å². The van der Waals surface area contributed by atoms with Crippen LogP contribution in [0.2, 0.25) is 0 Å². The topological polar surface area (TPSA) is 63.7 Å². The summed E-state index contributed by atoms with van der Waals surface area (Å²) in [7, 11) is 0. The van der Waals surface area contributed by atoms with E-state index >= 15 is 0 Å². The number of H-pyrrole nitrogens is 1. The fraction of sp³-hybridized carbons (Fsp3) is 0.278. The third-order valence-corrected chi connectivity index (χ3v) is 5.45. The minimum absolute atomic E-state index is 0.0769. The zero-order valence-electron chi connectivity index (χ0n) is 13.1. The molecule has 0 aliphatic carbocycles.